The Labute approximate surface area is 87.4 Å². The van der Waals surface area contributed by atoms with Crippen LogP contribution in [0.25, 0.3) is 0 Å². The Morgan fingerprint density at radius 3 is 2.86 bits per heavy atom. The number of hydrogen-bond donors (Lipinski definition) is 1. The smallest absolute Gasteiger partial charge is 0.0591 e. The number of rotatable bonds is 6. The van der Waals surface area contributed by atoms with E-state index in [0.717, 1.165) is 44.1 Å². The van der Waals surface area contributed by atoms with Crippen molar-refractivity contribution in [3.05, 3.63) is 0 Å². The summed E-state index contributed by atoms with van der Waals surface area (Å²) in [6, 6.07) is 0. The molecular formula is C12H23NO. The summed E-state index contributed by atoms with van der Waals surface area (Å²) in [7, 11) is 0. The Kier molecular flexibility index (Phi) is 3.82. The third kappa shape index (κ3) is 2.48. The molecule has 14 heavy (non-hydrogen) atoms. The van der Waals surface area contributed by atoms with Crippen molar-refractivity contribution in [2.75, 3.05) is 26.3 Å². The summed E-state index contributed by atoms with van der Waals surface area (Å²) in [5.41, 5.74) is 0. The zero-order valence-corrected chi connectivity index (χ0v) is 9.30. The van der Waals surface area contributed by atoms with Crippen LogP contribution in [0.4, 0.5) is 0 Å². The van der Waals surface area contributed by atoms with Gasteiger partial charge in [0.25, 0.3) is 0 Å². The van der Waals surface area contributed by atoms with E-state index in [9.17, 15) is 0 Å². The highest BCUT2D eigenvalue weighted by Gasteiger charge is 2.39. The molecule has 0 aromatic rings. The van der Waals surface area contributed by atoms with Gasteiger partial charge in [-0.3, -0.25) is 0 Å². The molecule has 0 heterocycles. The van der Waals surface area contributed by atoms with Crippen LogP contribution in [0.2, 0.25) is 0 Å². The van der Waals surface area contributed by atoms with Crippen LogP contribution in [0.1, 0.15) is 32.6 Å². The van der Waals surface area contributed by atoms with Crippen molar-refractivity contribution in [1.29, 1.82) is 0 Å². The lowest BCUT2D eigenvalue weighted by Gasteiger charge is -2.21. The zero-order chi connectivity index (χ0) is 9.80. The van der Waals surface area contributed by atoms with E-state index in [4.69, 9.17) is 4.74 Å². The maximum absolute atomic E-state index is 5.71. The maximum Gasteiger partial charge on any atom is 0.0591 e. The van der Waals surface area contributed by atoms with Gasteiger partial charge in [-0.25, -0.2) is 0 Å². The van der Waals surface area contributed by atoms with E-state index in [0.29, 0.717) is 0 Å². The predicted molar refractivity (Wildman–Crippen MR) is 58.3 cm³/mol. The van der Waals surface area contributed by atoms with Crippen molar-refractivity contribution < 1.29 is 4.74 Å². The normalized spacial score (nSPS) is 35.4. The van der Waals surface area contributed by atoms with Gasteiger partial charge in [0.15, 0.2) is 0 Å². The Morgan fingerprint density at radius 2 is 2.21 bits per heavy atom. The van der Waals surface area contributed by atoms with Crippen LogP contribution in [-0.2, 0) is 4.74 Å². The van der Waals surface area contributed by atoms with E-state index in [2.05, 4.69) is 12.2 Å². The Hall–Kier alpha value is -0.0800. The van der Waals surface area contributed by atoms with Crippen LogP contribution in [0.3, 0.4) is 0 Å². The second-order valence-electron chi connectivity index (χ2n) is 4.86. The topological polar surface area (TPSA) is 21.3 Å². The fourth-order valence-electron chi connectivity index (χ4n) is 3.14. The molecule has 0 radical (unpaired) electrons. The standard InChI is InChI=1S/C12H23NO/c1-2-13-5-6-14-9-12-8-10-3-4-11(12)7-10/h10-13H,2-9H2,1H3. The van der Waals surface area contributed by atoms with E-state index in [1.54, 1.807) is 0 Å². The summed E-state index contributed by atoms with van der Waals surface area (Å²) in [4.78, 5) is 0. The lowest BCUT2D eigenvalue weighted by atomic mass is 9.90. The van der Waals surface area contributed by atoms with Gasteiger partial charge in [0.05, 0.1) is 6.61 Å². The number of nitrogens with one attached hydrogen (secondary N) is 1. The Morgan fingerprint density at radius 1 is 1.29 bits per heavy atom. The zero-order valence-electron chi connectivity index (χ0n) is 9.30. The minimum Gasteiger partial charge on any atom is -0.380 e. The highest BCUT2D eigenvalue weighted by Crippen LogP contribution is 2.48. The van der Waals surface area contributed by atoms with Crippen molar-refractivity contribution in [3.63, 3.8) is 0 Å². The lowest BCUT2D eigenvalue weighted by molar-refractivity contribution is 0.0805. The molecule has 2 aliphatic carbocycles. The van der Waals surface area contributed by atoms with Gasteiger partial charge in [-0.1, -0.05) is 13.3 Å². The average Bonchev–Trinajstić information content (AvgIpc) is 2.79. The monoisotopic (exact) mass is 197 g/mol. The third-order valence-corrected chi connectivity index (χ3v) is 3.89. The van der Waals surface area contributed by atoms with E-state index in [-0.39, 0.29) is 0 Å². The summed E-state index contributed by atoms with van der Waals surface area (Å²) >= 11 is 0. The molecule has 3 atom stereocenters. The minimum atomic E-state index is 0.891. The van der Waals surface area contributed by atoms with Gasteiger partial charge in [0, 0.05) is 13.2 Å². The highest BCUT2D eigenvalue weighted by molar-refractivity contribution is 4.89. The second-order valence-corrected chi connectivity index (χ2v) is 4.86. The first-order valence-corrected chi connectivity index (χ1v) is 6.18. The molecule has 2 nitrogen and oxygen atoms in total. The van der Waals surface area contributed by atoms with E-state index < -0.39 is 0 Å². The van der Waals surface area contributed by atoms with Gasteiger partial charge >= 0.3 is 0 Å². The van der Waals surface area contributed by atoms with Gasteiger partial charge in [0.2, 0.25) is 0 Å². The number of fused-ring (bicyclic) bond motifs is 2. The molecule has 0 aliphatic heterocycles. The SMILES string of the molecule is CCNCCOCC1CC2CCC1C2. The quantitative estimate of drug-likeness (QED) is 0.658. The van der Waals surface area contributed by atoms with Crippen LogP contribution >= 0.6 is 0 Å². The van der Waals surface area contributed by atoms with E-state index in [1.165, 1.54) is 25.7 Å². The van der Waals surface area contributed by atoms with Crippen molar-refractivity contribution in [2.45, 2.75) is 32.6 Å². The van der Waals surface area contributed by atoms with Crippen LogP contribution < -0.4 is 5.32 Å². The molecule has 2 bridgehead atoms. The van der Waals surface area contributed by atoms with Crippen LogP contribution in [0.5, 0.6) is 0 Å². The average molecular weight is 197 g/mol. The molecule has 1 N–H and O–H groups in total. The number of likely N-dealkylation sites (N-methyl/N-ethyl adjacent to an activating group) is 1. The predicted octanol–water partition coefficient (Wildman–Crippen LogP) is 2.05. The van der Waals surface area contributed by atoms with Gasteiger partial charge in [-0.15, -0.1) is 0 Å². The summed E-state index contributed by atoms with van der Waals surface area (Å²) in [6.45, 7) is 6.11. The fraction of sp³-hybridized carbons (Fsp3) is 1.00. The molecule has 0 spiro atoms. The summed E-state index contributed by atoms with van der Waals surface area (Å²) in [5.74, 6) is 2.97. The first-order valence-electron chi connectivity index (χ1n) is 6.18. The largest absolute Gasteiger partial charge is 0.380 e. The van der Waals surface area contributed by atoms with Crippen molar-refractivity contribution in [2.24, 2.45) is 17.8 Å². The van der Waals surface area contributed by atoms with Gasteiger partial charge in [-0.05, 0) is 43.6 Å². The minimum absolute atomic E-state index is 0.891. The first kappa shape index (κ1) is 10.4. The fourth-order valence-corrected chi connectivity index (χ4v) is 3.14. The molecule has 3 unspecified atom stereocenters. The molecule has 2 heteroatoms. The maximum atomic E-state index is 5.71. The summed E-state index contributed by atoms with van der Waals surface area (Å²) in [5, 5.41) is 3.28. The Balaban J connectivity index is 1.54. The molecule has 0 amide bonds. The van der Waals surface area contributed by atoms with Crippen molar-refractivity contribution >= 4 is 0 Å². The van der Waals surface area contributed by atoms with E-state index >= 15 is 0 Å². The molecular weight excluding hydrogens is 174 g/mol. The molecule has 0 saturated heterocycles. The molecule has 2 fully saturated rings. The first-order chi connectivity index (χ1) is 6.90. The van der Waals surface area contributed by atoms with Gasteiger partial charge in [-0.2, -0.15) is 0 Å². The highest BCUT2D eigenvalue weighted by atomic mass is 16.5. The summed E-state index contributed by atoms with van der Waals surface area (Å²) in [6.07, 6.45) is 5.93. The summed E-state index contributed by atoms with van der Waals surface area (Å²) < 4.78 is 5.71. The molecule has 2 rings (SSSR count). The second kappa shape index (κ2) is 5.13. The molecule has 2 saturated carbocycles. The van der Waals surface area contributed by atoms with Crippen molar-refractivity contribution in [1.82, 2.24) is 5.32 Å². The van der Waals surface area contributed by atoms with Gasteiger partial charge in [0.1, 0.15) is 0 Å². The number of hydrogen-bond acceptors (Lipinski definition) is 2. The molecule has 82 valence electrons. The van der Waals surface area contributed by atoms with E-state index in [1.807, 2.05) is 0 Å². The lowest BCUT2D eigenvalue weighted by Crippen LogP contribution is -2.22. The van der Waals surface area contributed by atoms with Crippen LogP contribution in [0, 0.1) is 17.8 Å². The number of ether oxygens (including phenoxy) is 1. The van der Waals surface area contributed by atoms with Crippen LogP contribution in [-0.4, -0.2) is 26.3 Å². The Bertz CT molecular complexity index is 172. The van der Waals surface area contributed by atoms with Crippen LogP contribution in [0.15, 0.2) is 0 Å². The molecule has 0 aromatic heterocycles. The molecule has 2 aliphatic rings. The van der Waals surface area contributed by atoms with Crippen molar-refractivity contribution in [3.8, 4) is 0 Å². The van der Waals surface area contributed by atoms with Gasteiger partial charge < -0.3 is 10.1 Å². The third-order valence-electron chi connectivity index (χ3n) is 3.89. The molecule has 0 aromatic carbocycles.